The molecule has 1 fully saturated rings. The molecule has 1 N–H and O–H groups in total. The van der Waals surface area contributed by atoms with E-state index >= 15 is 0 Å². The van der Waals surface area contributed by atoms with E-state index in [1.54, 1.807) is 6.07 Å². The molecule has 3 heteroatoms. The highest BCUT2D eigenvalue weighted by atomic mass is 16.4. The number of nitrogens with zero attached hydrogens (tertiary/aromatic N) is 1. The Labute approximate surface area is 106 Å². The highest BCUT2D eigenvalue weighted by Crippen LogP contribution is 2.40. The second kappa shape index (κ2) is 4.02. The van der Waals surface area contributed by atoms with Gasteiger partial charge in [0.1, 0.15) is 5.69 Å². The van der Waals surface area contributed by atoms with Crippen molar-refractivity contribution in [3.8, 4) is 11.3 Å². The third-order valence-corrected chi connectivity index (χ3v) is 3.36. The highest BCUT2D eigenvalue weighted by Gasteiger charge is 2.29. The lowest BCUT2D eigenvalue weighted by molar-refractivity contribution is 0.0685. The molecule has 18 heavy (non-hydrogen) atoms. The maximum absolute atomic E-state index is 11.2. The second-order valence-corrected chi connectivity index (χ2v) is 4.88. The van der Waals surface area contributed by atoms with Crippen LogP contribution in [0.3, 0.4) is 0 Å². The molecule has 0 saturated heterocycles. The van der Waals surface area contributed by atoms with Crippen LogP contribution in [0.1, 0.15) is 34.9 Å². The molecule has 3 rings (SSSR count). The molecule has 1 heterocycles. The zero-order valence-electron chi connectivity index (χ0n) is 10.3. The summed E-state index contributed by atoms with van der Waals surface area (Å²) in [6.45, 7) is 2.05. The average molecular weight is 241 g/mol. The van der Waals surface area contributed by atoms with E-state index in [0.717, 1.165) is 24.1 Å². The third kappa shape index (κ3) is 1.82. The van der Waals surface area contributed by atoms with Crippen LogP contribution in [0, 0.1) is 6.92 Å². The van der Waals surface area contributed by atoms with Crippen molar-refractivity contribution in [3.05, 3.63) is 47.7 Å². The summed E-state index contributed by atoms with van der Waals surface area (Å²) in [4.78, 5) is 11.2. The molecule has 1 saturated carbocycles. The number of carboxylic acid groups (broad SMARTS) is 1. The van der Waals surface area contributed by atoms with Gasteiger partial charge in [0.2, 0.25) is 0 Å². The third-order valence-electron chi connectivity index (χ3n) is 3.36. The van der Waals surface area contributed by atoms with Crippen molar-refractivity contribution in [2.45, 2.75) is 25.8 Å². The minimum Gasteiger partial charge on any atom is -0.477 e. The van der Waals surface area contributed by atoms with Gasteiger partial charge >= 0.3 is 5.97 Å². The van der Waals surface area contributed by atoms with Crippen molar-refractivity contribution < 1.29 is 9.90 Å². The van der Waals surface area contributed by atoms with Crippen LogP contribution in [0.5, 0.6) is 0 Å². The van der Waals surface area contributed by atoms with Crippen molar-refractivity contribution in [2.75, 3.05) is 0 Å². The summed E-state index contributed by atoms with van der Waals surface area (Å²) in [6, 6.07) is 12.2. The van der Waals surface area contributed by atoms with E-state index < -0.39 is 5.97 Å². The normalized spacial score (nSPS) is 14.7. The van der Waals surface area contributed by atoms with Crippen LogP contribution in [0.25, 0.3) is 11.3 Å². The standard InChI is InChI=1S/C15H15NO2/c1-10-3-2-4-11(9-10)13-7-8-14(15(17)18)16(13)12-5-6-12/h2-4,7-9,12H,5-6H2,1H3,(H,17,18). The van der Waals surface area contributed by atoms with Gasteiger partial charge in [-0.15, -0.1) is 0 Å². The van der Waals surface area contributed by atoms with Crippen molar-refractivity contribution in [2.24, 2.45) is 0 Å². The molecule has 0 unspecified atom stereocenters. The van der Waals surface area contributed by atoms with E-state index in [4.69, 9.17) is 0 Å². The predicted octanol–water partition coefficient (Wildman–Crippen LogP) is 3.50. The Balaban J connectivity index is 2.15. The van der Waals surface area contributed by atoms with Gasteiger partial charge in [-0.3, -0.25) is 0 Å². The lowest BCUT2D eigenvalue weighted by Gasteiger charge is -2.11. The molecular formula is C15H15NO2. The number of hydrogen-bond donors (Lipinski definition) is 1. The molecule has 0 aliphatic heterocycles. The van der Waals surface area contributed by atoms with Gasteiger partial charge in [0.15, 0.2) is 0 Å². The van der Waals surface area contributed by atoms with E-state index in [-0.39, 0.29) is 0 Å². The number of aromatic nitrogens is 1. The van der Waals surface area contributed by atoms with Crippen molar-refractivity contribution >= 4 is 5.97 Å². The number of aryl methyl sites for hydroxylation is 1. The van der Waals surface area contributed by atoms with E-state index in [2.05, 4.69) is 6.07 Å². The molecule has 0 spiro atoms. The minimum absolute atomic E-state index is 0.363. The topological polar surface area (TPSA) is 42.2 Å². The summed E-state index contributed by atoms with van der Waals surface area (Å²) in [7, 11) is 0. The molecule has 0 amide bonds. The van der Waals surface area contributed by atoms with Gasteiger partial charge < -0.3 is 9.67 Å². The van der Waals surface area contributed by atoms with E-state index in [1.165, 1.54) is 5.56 Å². The first-order valence-corrected chi connectivity index (χ1v) is 6.18. The lowest BCUT2D eigenvalue weighted by atomic mass is 10.1. The monoisotopic (exact) mass is 241 g/mol. The molecule has 1 aromatic heterocycles. The van der Waals surface area contributed by atoms with Crippen LogP contribution >= 0.6 is 0 Å². The Morgan fingerprint density at radius 1 is 1.28 bits per heavy atom. The van der Waals surface area contributed by atoms with Gasteiger partial charge in [0, 0.05) is 11.7 Å². The highest BCUT2D eigenvalue weighted by molar-refractivity contribution is 5.87. The van der Waals surface area contributed by atoms with Crippen LogP contribution in [-0.4, -0.2) is 15.6 Å². The Morgan fingerprint density at radius 3 is 2.67 bits per heavy atom. The minimum atomic E-state index is -0.846. The van der Waals surface area contributed by atoms with Crippen LogP contribution in [0.2, 0.25) is 0 Å². The van der Waals surface area contributed by atoms with Crippen LogP contribution in [-0.2, 0) is 0 Å². The van der Waals surface area contributed by atoms with Gasteiger partial charge in [0.25, 0.3) is 0 Å². The van der Waals surface area contributed by atoms with Gasteiger partial charge in [-0.05, 0) is 43.5 Å². The summed E-state index contributed by atoms with van der Waals surface area (Å²) in [6.07, 6.45) is 2.15. The smallest absolute Gasteiger partial charge is 0.352 e. The molecule has 2 aromatic rings. The van der Waals surface area contributed by atoms with Crippen molar-refractivity contribution in [3.63, 3.8) is 0 Å². The van der Waals surface area contributed by atoms with E-state index in [0.29, 0.717) is 11.7 Å². The van der Waals surface area contributed by atoms with Crippen molar-refractivity contribution in [1.82, 2.24) is 4.57 Å². The molecule has 3 nitrogen and oxygen atoms in total. The second-order valence-electron chi connectivity index (χ2n) is 4.88. The summed E-state index contributed by atoms with van der Waals surface area (Å²) in [5, 5.41) is 9.24. The Kier molecular flexibility index (Phi) is 2.47. The fourth-order valence-electron chi connectivity index (χ4n) is 2.39. The van der Waals surface area contributed by atoms with Gasteiger partial charge in [-0.1, -0.05) is 23.8 Å². The van der Waals surface area contributed by atoms with Gasteiger partial charge in [0.05, 0.1) is 0 Å². The summed E-state index contributed by atoms with van der Waals surface area (Å²) in [5.74, 6) is -0.846. The van der Waals surface area contributed by atoms with E-state index in [1.807, 2.05) is 35.8 Å². The van der Waals surface area contributed by atoms with Gasteiger partial charge in [-0.25, -0.2) is 4.79 Å². The number of carboxylic acids is 1. The number of benzene rings is 1. The van der Waals surface area contributed by atoms with E-state index in [9.17, 15) is 9.90 Å². The zero-order chi connectivity index (χ0) is 12.7. The van der Waals surface area contributed by atoms with Crippen LogP contribution in [0.4, 0.5) is 0 Å². The first-order valence-electron chi connectivity index (χ1n) is 6.18. The fraction of sp³-hybridized carbons (Fsp3) is 0.267. The molecule has 92 valence electrons. The molecule has 1 aliphatic rings. The average Bonchev–Trinajstić information content (AvgIpc) is 3.07. The van der Waals surface area contributed by atoms with Crippen molar-refractivity contribution in [1.29, 1.82) is 0 Å². The number of hydrogen-bond acceptors (Lipinski definition) is 1. The maximum Gasteiger partial charge on any atom is 0.352 e. The Hall–Kier alpha value is -2.03. The molecule has 0 bridgehead atoms. The zero-order valence-corrected chi connectivity index (χ0v) is 10.3. The summed E-state index contributed by atoms with van der Waals surface area (Å²) in [5.41, 5.74) is 3.69. The molecule has 0 atom stereocenters. The largest absolute Gasteiger partial charge is 0.477 e. The maximum atomic E-state index is 11.2. The lowest BCUT2D eigenvalue weighted by Crippen LogP contribution is -2.08. The first-order chi connectivity index (χ1) is 8.66. The molecular weight excluding hydrogens is 226 g/mol. The summed E-state index contributed by atoms with van der Waals surface area (Å²) >= 11 is 0. The Morgan fingerprint density at radius 2 is 2.06 bits per heavy atom. The van der Waals surface area contributed by atoms with Gasteiger partial charge in [-0.2, -0.15) is 0 Å². The number of rotatable bonds is 3. The molecule has 0 radical (unpaired) electrons. The van der Waals surface area contributed by atoms with Crippen LogP contribution in [0.15, 0.2) is 36.4 Å². The quantitative estimate of drug-likeness (QED) is 0.893. The predicted molar refractivity (Wildman–Crippen MR) is 69.8 cm³/mol. The number of carbonyl (C=O) groups is 1. The molecule has 1 aromatic carbocycles. The summed E-state index contributed by atoms with van der Waals surface area (Å²) < 4.78 is 1.97. The fourth-order valence-corrected chi connectivity index (χ4v) is 2.39. The molecule has 1 aliphatic carbocycles. The van der Waals surface area contributed by atoms with Crippen LogP contribution < -0.4 is 0 Å². The number of aromatic carboxylic acids is 1. The Bertz CT molecular complexity index is 609. The first kappa shape index (κ1) is 11.1. The SMILES string of the molecule is Cc1cccc(-c2ccc(C(=O)O)n2C2CC2)c1.